The highest BCUT2D eigenvalue weighted by atomic mass is 32.2. The van der Waals surface area contributed by atoms with Gasteiger partial charge in [-0.15, -0.1) is 0 Å². The van der Waals surface area contributed by atoms with E-state index in [1.54, 1.807) is 4.31 Å². The summed E-state index contributed by atoms with van der Waals surface area (Å²) < 4.78 is 26.6. The number of hydrogen-bond donors (Lipinski definition) is 0. The average molecular weight is 281 g/mol. The van der Waals surface area contributed by atoms with Gasteiger partial charge in [-0.25, -0.2) is 18.4 Å². The lowest BCUT2D eigenvalue weighted by Crippen LogP contribution is -2.43. The Morgan fingerprint density at radius 1 is 1.42 bits per heavy atom. The van der Waals surface area contributed by atoms with Crippen molar-refractivity contribution in [1.29, 1.82) is 0 Å². The Labute approximate surface area is 114 Å². The van der Waals surface area contributed by atoms with Gasteiger partial charge in [0.15, 0.2) is 0 Å². The molecule has 1 saturated heterocycles. The molecule has 104 valence electrons. The molecule has 1 aromatic rings. The van der Waals surface area contributed by atoms with Crippen LogP contribution >= 0.6 is 0 Å². The standard InChI is InChI=1S/C13H19N3O2S/c1-3-6-19(17,18)16-10-4-5-13(16)11-8-14-9(2)15-12(11)7-10/h8,10,13H,3-7H2,1-2H3. The number of sulfonamides is 1. The van der Waals surface area contributed by atoms with Crippen LogP contribution < -0.4 is 0 Å². The summed E-state index contributed by atoms with van der Waals surface area (Å²) >= 11 is 0. The monoisotopic (exact) mass is 281 g/mol. The van der Waals surface area contributed by atoms with Crippen LogP contribution in [0.1, 0.15) is 49.3 Å². The molecule has 19 heavy (non-hydrogen) atoms. The van der Waals surface area contributed by atoms with Gasteiger partial charge in [0.2, 0.25) is 10.0 Å². The van der Waals surface area contributed by atoms with E-state index in [1.165, 1.54) is 0 Å². The lowest BCUT2D eigenvalue weighted by molar-refractivity contribution is 0.300. The maximum absolute atomic E-state index is 12.4. The lowest BCUT2D eigenvalue weighted by Gasteiger charge is -2.34. The van der Waals surface area contributed by atoms with Gasteiger partial charge in [-0.3, -0.25) is 0 Å². The predicted octanol–water partition coefficient (Wildman–Crippen LogP) is 1.59. The molecule has 2 unspecified atom stereocenters. The minimum atomic E-state index is -3.14. The summed E-state index contributed by atoms with van der Waals surface area (Å²) in [6.07, 6.45) is 5.04. The van der Waals surface area contributed by atoms with Crippen LogP contribution in [0.15, 0.2) is 6.20 Å². The van der Waals surface area contributed by atoms with Crippen LogP contribution in [0, 0.1) is 6.92 Å². The normalized spacial score (nSPS) is 26.4. The number of fused-ring (bicyclic) bond motifs is 4. The highest BCUT2D eigenvalue weighted by molar-refractivity contribution is 7.89. The second kappa shape index (κ2) is 4.52. The van der Waals surface area contributed by atoms with Crippen molar-refractivity contribution >= 4 is 10.0 Å². The van der Waals surface area contributed by atoms with Gasteiger partial charge in [-0.05, 0) is 26.2 Å². The van der Waals surface area contributed by atoms with Crippen molar-refractivity contribution in [1.82, 2.24) is 14.3 Å². The van der Waals surface area contributed by atoms with Crippen molar-refractivity contribution in [3.05, 3.63) is 23.3 Å². The zero-order valence-corrected chi connectivity index (χ0v) is 12.2. The number of aromatic nitrogens is 2. The van der Waals surface area contributed by atoms with E-state index in [9.17, 15) is 8.42 Å². The van der Waals surface area contributed by atoms with Gasteiger partial charge in [-0.1, -0.05) is 6.92 Å². The first-order chi connectivity index (χ1) is 9.03. The Hall–Kier alpha value is -1.01. The fourth-order valence-electron chi connectivity index (χ4n) is 3.32. The first-order valence-corrected chi connectivity index (χ1v) is 8.47. The first-order valence-electron chi connectivity index (χ1n) is 6.86. The second-order valence-corrected chi connectivity index (χ2v) is 7.41. The maximum atomic E-state index is 12.4. The molecule has 2 bridgehead atoms. The molecule has 2 atom stereocenters. The van der Waals surface area contributed by atoms with Crippen LogP contribution in [0.4, 0.5) is 0 Å². The Bertz CT molecular complexity index is 600. The Balaban J connectivity index is 2.02. The van der Waals surface area contributed by atoms with Crippen LogP contribution in [-0.4, -0.2) is 34.5 Å². The summed E-state index contributed by atoms with van der Waals surface area (Å²) in [5.41, 5.74) is 2.06. The van der Waals surface area contributed by atoms with E-state index in [2.05, 4.69) is 9.97 Å². The van der Waals surface area contributed by atoms with Crippen LogP contribution in [-0.2, 0) is 16.4 Å². The van der Waals surface area contributed by atoms with E-state index < -0.39 is 10.0 Å². The second-order valence-electron chi connectivity index (χ2n) is 5.42. The third-order valence-electron chi connectivity index (χ3n) is 4.03. The highest BCUT2D eigenvalue weighted by Gasteiger charge is 2.46. The maximum Gasteiger partial charge on any atom is 0.214 e. The van der Waals surface area contributed by atoms with Gasteiger partial charge in [0, 0.05) is 24.2 Å². The molecule has 0 amide bonds. The zero-order valence-electron chi connectivity index (χ0n) is 11.3. The molecular formula is C13H19N3O2S. The summed E-state index contributed by atoms with van der Waals surface area (Å²) in [7, 11) is -3.14. The van der Waals surface area contributed by atoms with Crippen molar-refractivity contribution in [2.75, 3.05) is 5.75 Å². The Morgan fingerprint density at radius 2 is 2.21 bits per heavy atom. The summed E-state index contributed by atoms with van der Waals surface area (Å²) in [6.45, 7) is 3.78. The van der Waals surface area contributed by atoms with Crippen LogP contribution in [0.25, 0.3) is 0 Å². The largest absolute Gasteiger partial charge is 0.241 e. The molecule has 1 fully saturated rings. The molecule has 0 spiro atoms. The molecule has 1 aromatic heterocycles. The zero-order chi connectivity index (χ0) is 13.6. The van der Waals surface area contributed by atoms with Gasteiger partial charge >= 0.3 is 0 Å². The van der Waals surface area contributed by atoms with Crippen molar-refractivity contribution in [2.45, 2.75) is 51.6 Å². The van der Waals surface area contributed by atoms with Gasteiger partial charge in [0.25, 0.3) is 0 Å². The summed E-state index contributed by atoms with van der Waals surface area (Å²) in [5, 5.41) is 0. The molecule has 3 rings (SSSR count). The van der Waals surface area contributed by atoms with Crippen LogP contribution in [0.5, 0.6) is 0 Å². The number of aryl methyl sites for hydroxylation is 1. The molecule has 5 nitrogen and oxygen atoms in total. The van der Waals surface area contributed by atoms with Gasteiger partial charge < -0.3 is 0 Å². The number of rotatable bonds is 3. The topological polar surface area (TPSA) is 63.2 Å². The fraction of sp³-hybridized carbons (Fsp3) is 0.692. The molecule has 3 heterocycles. The molecule has 2 aliphatic heterocycles. The highest BCUT2D eigenvalue weighted by Crippen LogP contribution is 2.44. The van der Waals surface area contributed by atoms with Crippen LogP contribution in [0.3, 0.4) is 0 Å². The van der Waals surface area contributed by atoms with E-state index >= 15 is 0 Å². The Morgan fingerprint density at radius 3 is 2.95 bits per heavy atom. The molecule has 0 aliphatic carbocycles. The van der Waals surface area contributed by atoms with E-state index in [1.807, 2.05) is 20.0 Å². The average Bonchev–Trinajstić information content (AvgIpc) is 2.66. The molecule has 0 saturated carbocycles. The van der Waals surface area contributed by atoms with E-state index in [4.69, 9.17) is 0 Å². The van der Waals surface area contributed by atoms with E-state index in [0.717, 1.165) is 36.3 Å². The van der Waals surface area contributed by atoms with Gasteiger partial charge in [0.05, 0.1) is 17.5 Å². The van der Waals surface area contributed by atoms with E-state index in [0.29, 0.717) is 6.42 Å². The van der Waals surface area contributed by atoms with Gasteiger partial charge in [0.1, 0.15) is 5.82 Å². The quantitative estimate of drug-likeness (QED) is 0.844. The third-order valence-corrected chi connectivity index (χ3v) is 6.15. The van der Waals surface area contributed by atoms with Gasteiger partial charge in [-0.2, -0.15) is 4.31 Å². The fourth-order valence-corrected chi connectivity index (χ4v) is 5.29. The molecule has 0 aromatic carbocycles. The van der Waals surface area contributed by atoms with Crippen molar-refractivity contribution in [2.24, 2.45) is 0 Å². The smallest absolute Gasteiger partial charge is 0.214 e. The molecular weight excluding hydrogens is 262 g/mol. The molecule has 6 heteroatoms. The minimum absolute atomic E-state index is 0.0362. The van der Waals surface area contributed by atoms with Crippen molar-refractivity contribution in [3.63, 3.8) is 0 Å². The predicted molar refractivity (Wildman–Crippen MR) is 72.2 cm³/mol. The Kier molecular flexibility index (Phi) is 3.09. The minimum Gasteiger partial charge on any atom is -0.241 e. The molecule has 0 N–H and O–H groups in total. The van der Waals surface area contributed by atoms with Crippen molar-refractivity contribution in [3.8, 4) is 0 Å². The molecule has 2 aliphatic rings. The first kappa shape index (κ1) is 13.0. The van der Waals surface area contributed by atoms with Crippen LogP contribution in [0.2, 0.25) is 0 Å². The van der Waals surface area contributed by atoms with E-state index in [-0.39, 0.29) is 17.8 Å². The summed E-state index contributed by atoms with van der Waals surface area (Å²) in [4.78, 5) is 8.72. The number of hydrogen-bond acceptors (Lipinski definition) is 4. The number of nitrogens with zero attached hydrogens (tertiary/aromatic N) is 3. The summed E-state index contributed by atoms with van der Waals surface area (Å²) in [6, 6.07) is 0.0641. The SMILES string of the molecule is CCCS(=O)(=O)N1C2CCC1c1cnc(C)nc1C2. The lowest BCUT2D eigenvalue weighted by atomic mass is 10.0. The summed E-state index contributed by atoms with van der Waals surface area (Å²) in [5.74, 6) is 1.00. The molecule has 0 radical (unpaired) electrons. The third kappa shape index (κ3) is 2.07. The van der Waals surface area contributed by atoms with Crippen molar-refractivity contribution < 1.29 is 8.42 Å².